The minimum Gasteiger partial charge on any atom is -0.373 e. The van der Waals surface area contributed by atoms with Gasteiger partial charge in [0.05, 0.1) is 11.2 Å². The second kappa shape index (κ2) is 7.51. The zero-order chi connectivity index (χ0) is 17.8. The van der Waals surface area contributed by atoms with Crippen LogP contribution in [0.2, 0.25) is 0 Å². The van der Waals surface area contributed by atoms with Crippen molar-refractivity contribution in [3.8, 4) is 0 Å². The van der Waals surface area contributed by atoms with Crippen molar-refractivity contribution in [2.45, 2.75) is 37.5 Å². The molecule has 26 heavy (non-hydrogen) atoms. The van der Waals surface area contributed by atoms with E-state index in [0.717, 1.165) is 38.9 Å². The highest BCUT2D eigenvalue weighted by atomic mass is 16.5. The highest BCUT2D eigenvalue weighted by molar-refractivity contribution is 5.94. The van der Waals surface area contributed by atoms with Crippen LogP contribution in [-0.2, 0) is 11.3 Å². The first-order valence-corrected chi connectivity index (χ1v) is 9.19. The van der Waals surface area contributed by atoms with Crippen LogP contribution in [0, 0.1) is 0 Å². The topological polar surface area (TPSA) is 67.3 Å². The third-order valence-corrected chi connectivity index (χ3v) is 5.30. The molecule has 1 spiro atoms. The van der Waals surface area contributed by atoms with Gasteiger partial charge in [-0.05, 0) is 49.1 Å². The first-order valence-electron chi connectivity index (χ1n) is 9.19. The largest absolute Gasteiger partial charge is 0.373 e. The lowest BCUT2D eigenvalue weighted by molar-refractivity contribution is -0.0793. The van der Waals surface area contributed by atoms with Crippen LogP contribution in [0.1, 0.15) is 35.2 Å². The predicted octanol–water partition coefficient (Wildman–Crippen LogP) is 2.03. The number of nitrogens with zero attached hydrogens (tertiary/aromatic N) is 3. The van der Waals surface area contributed by atoms with Gasteiger partial charge in [0, 0.05) is 57.1 Å². The van der Waals surface area contributed by atoms with E-state index in [4.69, 9.17) is 4.74 Å². The Labute approximate surface area is 153 Å². The molecule has 136 valence electrons. The lowest BCUT2D eigenvalue weighted by Gasteiger charge is -2.38. The predicted molar refractivity (Wildman–Crippen MR) is 97.5 cm³/mol. The van der Waals surface area contributed by atoms with Gasteiger partial charge in [-0.25, -0.2) is 0 Å². The summed E-state index contributed by atoms with van der Waals surface area (Å²) in [6, 6.07) is 7.85. The molecule has 2 saturated heterocycles. The van der Waals surface area contributed by atoms with Crippen LogP contribution in [0.3, 0.4) is 0 Å². The summed E-state index contributed by atoms with van der Waals surface area (Å²) < 4.78 is 6.19. The number of amides is 1. The zero-order valence-corrected chi connectivity index (χ0v) is 14.8. The van der Waals surface area contributed by atoms with E-state index in [0.29, 0.717) is 12.2 Å². The molecule has 0 unspecified atom stereocenters. The Morgan fingerprint density at radius 2 is 2.15 bits per heavy atom. The summed E-state index contributed by atoms with van der Waals surface area (Å²) in [6.45, 7) is 3.54. The van der Waals surface area contributed by atoms with Crippen molar-refractivity contribution in [3.63, 3.8) is 0 Å². The average molecular weight is 352 g/mol. The fourth-order valence-electron chi connectivity index (χ4n) is 4.01. The third kappa shape index (κ3) is 3.92. The SMILES string of the molecule is O=C(N[C@H]1CCO[C@]2(CCN(Cc3ccncc3)C2)C1)c1cccnc1. The second-order valence-corrected chi connectivity index (χ2v) is 7.25. The number of carbonyl (C=O) groups is 1. The molecule has 0 aliphatic carbocycles. The van der Waals surface area contributed by atoms with Crippen LogP contribution in [0.25, 0.3) is 0 Å². The van der Waals surface area contributed by atoms with Gasteiger partial charge < -0.3 is 10.1 Å². The van der Waals surface area contributed by atoms with Gasteiger partial charge in [0.2, 0.25) is 0 Å². The molecule has 1 N–H and O–H groups in total. The van der Waals surface area contributed by atoms with E-state index in [9.17, 15) is 4.79 Å². The fourth-order valence-corrected chi connectivity index (χ4v) is 4.01. The van der Waals surface area contributed by atoms with Gasteiger partial charge in [0.1, 0.15) is 0 Å². The summed E-state index contributed by atoms with van der Waals surface area (Å²) in [5.74, 6) is -0.0493. The molecule has 4 heterocycles. The quantitative estimate of drug-likeness (QED) is 0.912. The van der Waals surface area contributed by atoms with Crippen molar-refractivity contribution >= 4 is 5.91 Å². The molecular weight excluding hydrogens is 328 g/mol. The van der Waals surface area contributed by atoms with Gasteiger partial charge in [0.25, 0.3) is 5.91 Å². The minimum absolute atomic E-state index is 0.0493. The van der Waals surface area contributed by atoms with Gasteiger partial charge in [-0.3, -0.25) is 19.7 Å². The highest BCUT2D eigenvalue weighted by Crippen LogP contribution is 2.35. The monoisotopic (exact) mass is 352 g/mol. The van der Waals surface area contributed by atoms with Crippen LogP contribution in [0.15, 0.2) is 49.1 Å². The normalized spacial score (nSPS) is 26.1. The molecule has 2 aliphatic rings. The van der Waals surface area contributed by atoms with Crippen LogP contribution in [0.4, 0.5) is 0 Å². The van der Waals surface area contributed by atoms with Crippen LogP contribution >= 0.6 is 0 Å². The number of carbonyl (C=O) groups excluding carboxylic acids is 1. The zero-order valence-electron chi connectivity index (χ0n) is 14.8. The number of ether oxygens (including phenoxy) is 1. The summed E-state index contributed by atoms with van der Waals surface area (Å²) in [4.78, 5) is 22.9. The molecule has 1 amide bonds. The van der Waals surface area contributed by atoms with Gasteiger partial charge in [0.15, 0.2) is 0 Å². The summed E-state index contributed by atoms with van der Waals surface area (Å²) in [5.41, 5.74) is 1.74. The number of pyridine rings is 2. The number of aromatic nitrogens is 2. The maximum atomic E-state index is 12.4. The van der Waals surface area contributed by atoms with Crippen molar-refractivity contribution in [2.24, 2.45) is 0 Å². The summed E-state index contributed by atoms with van der Waals surface area (Å²) in [7, 11) is 0. The Balaban J connectivity index is 1.35. The number of nitrogens with one attached hydrogen (secondary N) is 1. The smallest absolute Gasteiger partial charge is 0.253 e. The van der Waals surface area contributed by atoms with E-state index in [-0.39, 0.29) is 17.6 Å². The summed E-state index contributed by atoms with van der Waals surface area (Å²) in [6.07, 6.45) is 9.69. The van der Waals surface area contributed by atoms with Crippen molar-refractivity contribution in [1.29, 1.82) is 0 Å². The Hall–Kier alpha value is -2.31. The lowest BCUT2D eigenvalue weighted by Crippen LogP contribution is -2.49. The Bertz CT molecular complexity index is 740. The highest BCUT2D eigenvalue weighted by Gasteiger charge is 2.43. The van der Waals surface area contributed by atoms with Gasteiger partial charge in [-0.2, -0.15) is 0 Å². The van der Waals surface area contributed by atoms with Crippen LogP contribution in [0.5, 0.6) is 0 Å². The molecule has 2 atom stereocenters. The van der Waals surface area contributed by atoms with Crippen molar-refractivity contribution < 1.29 is 9.53 Å². The van der Waals surface area contributed by atoms with Crippen LogP contribution < -0.4 is 5.32 Å². The molecule has 6 heteroatoms. The average Bonchev–Trinajstić information content (AvgIpc) is 3.05. The van der Waals surface area contributed by atoms with Crippen molar-refractivity contribution in [1.82, 2.24) is 20.2 Å². The molecule has 2 aliphatic heterocycles. The number of likely N-dealkylation sites (tertiary alicyclic amines) is 1. The third-order valence-electron chi connectivity index (χ3n) is 5.30. The Kier molecular flexibility index (Phi) is 4.95. The molecule has 2 aromatic heterocycles. The fraction of sp³-hybridized carbons (Fsp3) is 0.450. The van der Waals surface area contributed by atoms with E-state index in [1.807, 2.05) is 12.4 Å². The van der Waals surface area contributed by atoms with Crippen molar-refractivity contribution in [3.05, 3.63) is 60.2 Å². The molecule has 0 bridgehead atoms. The second-order valence-electron chi connectivity index (χ2n) is 7.25. The summed E-state index contributed by atoms with van der Waals surface area (Å²) >= 11 is 0. The van der Waals surface area contributed by atoms with E-state index in [1.165, 1.54) is 5.56 Å². The Morgan fingerprint density at radius 3 is 2.96 bits per heavy atom. The Morgan fingerprint density at radius 1 is 1.27 bits per heavy atom. The minimum atomic E-state index is -0.141. The maximum Gasteiger partial charge on any atom is 0.253 e. The standard InChI is InChI=1S/C20H24N4O2/c25-19(17-2-1-7-22-13-17)23-18-5-11-26-20(12-18)6-10-24(15-20)14-16-3-8-21-9-4-16/h1-4,7-9,13,18H,5-6,10-12,14-15H2,(H,23,25)/t18-,20+/m0/s1. The van der Waals surface area contributed by atoms with Gasteiger partial charge in [-0.1, -0.05) is 0 Å². The van der Waals surface area contributed by atoms with Gasteiger partial charge >= 0.3 is 0 Å². The van der Waals surface area contributed by atoms with E-state index in [1.54, 1.807) is 24.5 Å². The first-order chi connectivity index (χ1) is 12.7. The lowest BCUT2D eigenvalue weighted by atomic mass is 9.89. The number of hydrogen-bond acceptors (Lipinski definition) is 5. The molecule has 0 aromatic carbocycles. The number of rotatable bonds is 4. The van der Waals surface area contributed by atoms with E-state index < -0.39 is 0 Å². The first kappa shape index (κ1) is 17.1. The molecule has 2 fully saturated rings. The molecule has 0 saturated carbocycles. The van der Waals surface area contributed by atoms with E-state index >= 15 is 0 Å². The van der Waals surface area contributed by atoms with E-state index in [2.05, 4.69) is 32.3 Å². The van der Waals surface area contributed by atoms with Crippen molar-refractivity contribution in [2.75, 3.05) is 19.7 Å². The molecule has 0 radical (unpaired) electrons. The molecule has 2 aromatic rings. The molecule has 6 nitrogen and oxygen atoms in total. The maximum absolute atomic E-state index is 12.4. The van der Waals surface area contributed by atoms with Crippen LogP contribution in [-0.4, -0.2) is 52.1 Å². The number of hydrogen-bond donors (Lipinski definition) is 1. The summed E-state index contributed by atoms with van der Waals surface area (Å²) in [5, 5.41) is 3.17. The van der Waals surface area contributed by atoms with Gasteiger partial charge in [-0.15, -0.1) is 0 Å². The molecule has 4 rings (SSSR count). The molecular formula is C20H24N4O2.